The third-order valence-electron chi connectivity index (χ3n) is 13.4. The van der Waals surface area contributed by atoms with E-state index in [4.69, 9.17) is 14.2 Å². The zero-order valence-electron chi connectivity index (χ0n) is 47.7. The molecule has 416 valence electrons. The SMILES string of the molecule is CC/C=C\C/C=C\C/C=C\C/C=C\C/C=C\CCCCCCCCCCCCCCCC(=O)OCC(COC(=O)CCCCCCCCCCC)OC(=O)CCCCCCC/C=C\CCCCCCCCC. The van der Waals surface area contributed by atoms with Crippen molar-refractivity contribution in [3.63, 3.8) is 0 Å². The molecule has 0 aliphatic carbocycles. The largest absolute Gasteiger partial charge is 0.462 e. The quantitative estimate of drug-likeness (QED) is 0.0261. The molecule has 0 spiro atoms. The number of ether oxygens (including phenoxy) is 3. The fourth-order valence-corrected chi connectivity index (χ4v) is 8.82. The van der Waals surface area contributed by atoms with E-state index >= 15 is 0 Å². The molecular formula is C66H116O6. The Hall–Kier alpha value is -3.15. The van der Waals surface area contributed by atoms with Crippen LogP contribution in [-0.2, 0) is 28.6 Å². The summed E-state index contributed by atoms with van der Waals surface area (Å²) in [4.78, 5) is 38.1. The second-order valence-electron chi connectivity index (χ2n) is 20.6. The normalized spacial score (nSPS) is 12.5. The highest BCUT2D eigenvalue weighted by molar-refractivity contribution is 5.71. The summed E-state index contributed by atoms with van der Waals surface area (Å²) in [5.41, 5.74) is 0. The van der Waals surface area contributed by atoms with Crippen LogP contribution in [0.4, 0.5) is 0 Å². The van der Waals surface area contributed by atoms with E-state index in [1.165, 1.54) is 173 Å². The molecule has 0 saturated heterocycles. The van der Waals surface area contributed by atoms with Crippen molar-refractivity contribution in [2.24, 2.45) is 0 Å². The molecule has 0 radical (unpaired) electrons. The molecule has 6 heteroatoms. The lowest BCUT2D eigenvalue weighted by molar-refractivity contribution is -0.167. The van der Waals surface area contributed by atoms with Gasteiger partial charge >= 0.3 is 17.9 Å². The lowest BCUT2D eigenvalue weighted by atomic mass is 10.0. The molecule has 0 bridgehead atoms. The average Bonchev–Trinajstić information content (AvgIpc) is 3.38. The maximum absolute atomic E-state index is 12.8. The summed E-state index contributed by atoms with van der Waals surface area (Å²) in [6.07, 6.45) is 77.7. The van der Waals surface area contributed by atoms with Crippen LogP contribution in [0.15, 0.2) is 72.9 Å². The Morgan fingerprint density at radius 2 is 0.542 bits per heavy atom. The first-order valence-electron chi connectivity index (χ1n) is 30.9. The number of rotatable bonds is 56. The van der Waals surface area contributed by atoms with Crippen molar-refractivity contribution in [1.29, 1.82) is 0 Å². The van der Waals surface area contributed by atoms with Crippen molar-refractivity contribution < 1.29 is 28.6 Å². The zero-order chi connectivity index (χ0) is 52.2. The molecule has 72 heavy (non-hydrogen) atoms. The first kappa shape index (κ1) is 68.8. The molecule has 1 unspecified atom stereocenters. The Morgan fingerprint density at radius 3 is 0.861 bits per heavy atom. The molecule has 0 saturated carbocycles. The van der Waals surface area contributed by atoms with Crippen LogP contribution in [0.1, 0.15) is 310 Å². The van der Waals surface area contributed by atoms with E-state index in [1.807, 2.05) is 0 Å². The highest BCUT2D eigenvalue weighted by Crippen LogP contribution is 2.16. The molecule has 0 aromatic carbocycles. The average molecular weight is 1010 g/mol. The summed E-state index contributed by atoms with van der Waals surface area (Å²) >= 11 is 0. The van der Waals surface area contributed by atoms with Gasteiger partial charge in [0.2, 0.25) is 0 Å². The van der Waals surface area contributed by atoms with Gasteiger partial charge in [-0.05, 0) is 89.9 Å². The summed E-state index contributed by atoms with van der Waals surface area (Å²) < 4.78 is 16.9. The van der Waals surface area contributed by atoms with Crippen LogP contribution in [0.2, 0.25) is 0 Å². The van der Waals surface area contributed by atoms with Crippen LogP contribution in [0, 0.1) is 0 Å². The van der Waals surface area contributed by atoms with Crippen molar-refractivity contribution in [3.05, 3.63) is 72.9 Å². The summed E-state index contributed by atoms with van der Waals surface area (Å²) in [5.74, 6) is -0.876. The Morgan fingerprint density at radius 1 is 0.292 bits per heavy atom. The van der Waals surface area contributed by atoms with Gasteiger partial charge in [0.15, 0.2) is 6.10 Å². The lowest BCUT2D eigenvalue weighted by Crippen LogP contribution is -2.30. The van der Waals surface area contributed by atoms with E-state index in [9.17, 15) is 14.4 Å². The molecule has 0 aromatic heterocycles. The molecule has 0 aliphatic rings. The van der Waals surface area contributed by atoms with Crippen molar-refractivity contribution in [2.45, 2.75) is 316 Å². The summed E-state index contributed by atoms with van der Waals surface area (Å²) in [6.45, 7) is 6.52. The molecular weight excluding hydrogens is 889 g/mol. The van der Waals surface area contributed by atoms with Gasteiger partial charge in [-0.15, -0.1) is 0 Å². The first-order chi connectivity index (χ1) is 35.5. The number of hydrogen-bond donors (Lipinski definition) is 0. The van der Waals surface area contributed by atoms with E-state index in [1.54, 1.807) is 0 Å². The zero-order valence-corrected chi connectivity index (χ0v) is 47.7. The van der Waals surface area contributed by atoms with Crippen LogP contribution in [0.3, 0.4) is 0 Å². The minimum atomic E-state index is -0.776. The van der Waals surface area contributed by atoms with Crippen LogP contribution >= 0.6 is 0 Å². The molecule has 0 aromatic rings. The predicted molar refractivity (Wildman–Crippen MR) is 311 cm³/mol. The number of allylic oxidation sites excluding steroid dienone is 12. The van der Waals surface area contributed by atoms with Crippen LogP contribution in [-0.4, -0.2) is 37.2 Å². The van der Waals surface area contributed by atoms with Crippen molar-refractivity contribution in [3.8, 4) is 0 Å². The number of hydrogen-bond acceptors (Lipinski definition) is 6. The molecule has 0 heterocycles. The highest BCUT2D eigenvalue weighted by Gasteiger charge is 2.19. The van der Waals surface area contributed by atoms with Crippen molar-refractivity contribution in [1.82, 2.24) is 0 Å². The van der Waals surface area contributed by atoms with Crippen LogP contribution < -0.4 is 0 Å². The van der Waals surface area contributed by atoms with Gasteiger partial charge in [0.05, 0.1) is 0 Å². The van der Waals surface area contributed by atoms with E-state index in [0.29, 0.717) is 19.3 Å². The van der Waals surface area contributed by atoms with E-state index in [0.717, 1.165) is 96.3 Å². The molecule has 0 N–H and O–H groups in total. The van der Waals surface area contributed by atoms with Crippen molar-refractivity contribution in [2.75, 3.05) is 13.2 Å². The molecule has 0 rings (SSSR count). The number of esters is 3. The summed E-state index contributed by atoms with van der Waals surface area (Å²) in [7, 11) is 0. The van der Waals surface area contributed by atoms with Gasteiger partial charge in [-0.1, -0.05) is 273 Å². The Labute approximate surface area is 446 Å². The molecule has 0 fully saturated rings. The van der Waals surface area contributed by atoms with Gasteiger partial charge in [-0.25, -0.2) is 0 Å². The third-order valence-corrected chi connectivity index (χ3v) is 13.4. The standard InChI is InChI=1S/C66H116O6/c1-4-7-10-13-16-19-21-23-25-27-28-29-30-31-32-33-34-35-36-37-38-39-41-42-44-47-50-53-56-59-65(68)71-62-63(61-70-64(67)58-55-52-49-46-18-15-12-9-6-3)72-66(69)60-57-54-51-48-45-43-40-26-24-22-20-17-14-11-8-5-2/h7,10,16,19,23,25-26,28-29,31-32,40,63H,4-6,8-9,11-15,17-18,20-22,24,27,30,33-39,41-62H2,1-3H3/b10-7-,19-16-,25-23-,29-28-,32-31-,40-26-. The molecule has 0 amide bonds. The molecule has 6 nitrogen and oxygen atoms in total. The summed E-state index contributed by atoms with van der Waals surface area (Å²) in [6, 6.07) is 0. The van der Waals surface area contributed by atoms with Gasteiger partial charge in [-0.3, -0.25) is 14.4 Å². The number of carbonyl (C=O) groups excluding carboxylic acids is 3. The first-order valence-corrected chi connectivity index (χ1v) is 30.9. The number of unbranched alkanes of at least 4 members (excludes halogenated alkanes) is 33. The maximum Gasteiger partial charge on any atom is 0.306 e. The Kier molecular flexibility index (Phi) is 57.8. The second kappa shape index (κ2) is 60.4. The second-order valence-corrected chi connectivity index (χ2v) is 20.6. The monoisotopic (exact) mass is 1000 g/mol. The van der Waals surface area contributed by atoms with Crippen molar-refractivity contribution >= 4 is 17.9 Å². The topological polar surface area (TPSA) is 78.9 Å². The van der Waals surface area contributed by atoms with Gasteiger partial charge in [0.1, 0.15) is 13.2 Å². The Balaban J connectivity index is 4.16. The molecule has 1 atom stereocenters. The van der Waals surface area contributed by atoms with E-state index < -0.39 is 6.10 Å². The fraction of sp³-hybridized carbons (Fsp3) is 0.773. The van der Waals surface area contributed by atoms with Crippen LogP contribution in [0.5, 0.6) is 0 Å². The highest BCUT2D eigenvalue weighted by atomic mass is 16.6. The predicted octanol–water partition coefficient (Wildman–Crippen LogP) is 20.9. The maximum atomic E-state index is 12.8. The summed E-state index contributed by atoms with van der Waals surface area (Å²) in [5, 5.41) is 0. The van der Waals surface area contributed by atoms with Gasteiger partial charge in [-0.2, -0.15) is 0 Å². The fourth-order valence-electron chi connectivity index (χ4n) is 8.82. The minimum Gasteiger partial charge on any atom is -0.462 e. The lowest BCUT2D eigenvalue weighted by Gasteiger charge is -2.18. The molecule has 0 aliphatic heterocycles. The van der Waals surface area contributed by atoms with Crippen LogP contribution in [0.25, 0.3) is 0 Å². The minimum absolute atomic E-state index is 0.0752. The van der Waals surface area contributed by atoms with Gasteiger partial charge < -0.3 is 14.2 Å². The van der Waals surface area contributed by atoms with Gasteiger partial charge in [0, 0.05) is 19.3 Å². The Bertz CT molecular complexity index is 1340. The van der Waals surface area contributed by atoms with E-state index in [-0.39, 0.29) is 31.1 Å². The third kappa shape index (κ3) is 57.7. The number of carbonyl (C=O) groups is 3. The van der Waals surface area contributed by atoms with Gasteiger partial charge in [0.25, 0.3) is 0 Å². The van der Waals surface area contributed by atoms with E-state index in [2.05, 4.69) is 93.7 Å². The smallest absolute Gasteiger partial charge is 0.306 e.